The van der Waals surface area contributed by atoms with Crippen LogP contribution >= 0.6 is 22.9 Å². The van der Waals surface area contributed by atoms with Crippen LogP contribution in [0.3, 0.4) is 0 Å². The lowest BCUT2D eigenvalue weighted by atomic mass is 10.0. The van der Waals surface area contributed by atoms with Crippen LogP contribution < -0.4 is 0 Å². The first kappa shape index (κ1) is 19.4. The summed E-state index contributed by atoms with van der Waals surface area (Å²) in [6, 6.07) is 17.1. The van der Waals surface area contributed by atoms with Gasteiger partial charge in [-0.3, -0.25) is 4.79 Å². The minimum atomic E-state index is -3.55. The zero-order valence-electron chi connectivity index (χ0n) is 15.0. The molecule has 0 bridgehead atoms. The van der Waals surface area contributed by atoms with Crippen LogP contribution in [-0.2, 0) is 21.2 Å². The number of nitrogens with zero attached hydrogens (tertiary/aromatic N) is 2. The van der Waals surface area contributed by atoms with Gasteiger partial charge in [-0.1, -0.05) is 54.1 Å². The van der Waals surface area contributed by atoms with Crippen LogP contribution in [0.5, 0.6) is 0 Å². The molecule has 0 aliphatic carbocycles. The Morgan fingerprint density at radius 2 is 1.68 bits per heavy atom. The van der Waals surface area contributed by atoms with Crippen LogP contribution in [-0.4, -0.2) is 49.7 Å². The van der Waals surface area contributed by atoms with Crippen molar-refractivity contribution in [1.29, 1.82) is 0 Å². The number of thiophene rings is 1. The van der Waals surface area contributed by atoms with Crippen molar-refractivity contribution in [2.75, 3.05) is 26.2 Å². The summed E-state index contributed by atoms with van der Waals surface area (Å²) >= 11 is 6.92. The van der Waals surface area contributed by atoms with Gasteiger partial charge in [-0.25, -0.2) is 8.42 Å². The Kier molecular flexibility index (Phi) is 5.42. The number of hydrogen-bond acceptors (Lipinski definition) is 4. The summed E-state index contributed by atoms with van der Waals surface area (Å²) in [5.74, 6) is 0.0209. The smallest absolute Gasteiger partial charge is 0.252 e. The second-order valence-corrected chi connectivity index (χ2v) is 10.5. The zero-order chi connectivity index (χ0) is 19.7. The predicted octanol–water partition coefficient (Wildman–Crippen LogP) is 3.63. The van der Waals surface area contributed by atoms with E-state index < -0.39 is 10.0 Å². The summed E-state index contributed by atoms with van der Waals surface area (Å²) in [6.45, 7) is 1.36. The summed E-state index contributed by atoms with van der Waals surface area (Å²) in [5, 5.41) is 2.19. The molecule has 1 fully saturated rings. The SMILES string of the molecule is O=C(Cc1cccc2ccccc12)N1CCN(S(=O)(=O)c2ccc(Cl)s2)CC1. The maximum Gasteiger partial charge on any atom is 0.252 e. The lowest BCUT2D eigenvalue weighted by molar-refractivity contribution is -0.131. The van der Waals surface area contributed by atoms with E-state index in [9.17, 15) is 13.2 Å². The molecule has 1 aliphatic heterocycles. The van der Waals surface area contributed by atoms with E-state index in [4.69, 9.17) is 11.6 Å². The number of sulfonamides is 1. The maximum atomic E-state index is 12.8. The van der Waals surface area contributed by atoms with Gasteiger partial charge >= 0.3 is 0 Å². The highest BCUT2D eigenvalue weighted by atomic mass is 35.5. The average Bonchev–Trinajstić information content (AvgIpc) is 3.15. The van der Waals surface area contributed by atoms with E-state index in [-0.39, 0.29) is 10.1 Å². The first-order valence-electron chi connectivity index (χ1n) is 8.95. The summed E-state index contributed by atoms with van der Waals surface area (Å²) in [6.07, 6.45) is 0.314. The minimum Gasteiger partial charge on any atom is -0.340 e. The third kappa shape index (κ3) is 3.80. The van der Waals surface area contributed by atoms with Crippen molar-refractivity contribution in [2.45, 2.75) is 10.6 Å². The average molecular weight is 435 g/mol. The van der Waals surface area contributed by atoms with E-state index in [2.05, 4.69) is 0 Å². The van der Waals surface area contributed by atoms with Gasteiger partial charge in [0.1, 0.15) is 4.21 Å². The molecule has 2 heterocycles. The summed E-state index contributed by atoms with van der Waals surface area (Å²) in [5.41, 5.74) is 0.992. The normalized spacial score (nSPS) is 15.8. The quantitative estimate of drug-likeness (QED) is 0.630. The summed E-state index contributed by atoms with van der Waals surface area (Å²) < 4.78 is 27.5. The first-order chi connectivity index (χ1) is 13.4. The Morgan fingerprint density at radius 1 is 0.964 bits per heavy atom. The number of fused-ring (bicyclic) bond motifs is 1. The van der Waals surface area contributed by atoms with E-state index in [1.165, 1.54) is 10.4 Å². The number of amides is 1. The second kappa shape index (κ2) is 7.83. The summed E-state index contributed by atoms with van der Waals surface area (Å²) in [7, 11) is -3.55. The Hall–Kier alpha value is -1.93. The Labute approximate surface area is 173 Å². The second-order valence-electron chi connectivity index (χ2n) is 6.66. The molecule has 8 heteroatoms. The number of rotatable bonds is 4. The Bertz CT molecular complexity index is 1110. The molecule has 4 rings (SSSR count). The lowest BCUT2D eigenvalue weighted by Gasteiger charge is -2.33. The number of carbonyl (C=O) groups is 1. The van der Waals surface area contributed by atoms with Gasteiger partial charge in [0.15, 0.2) is 0 Å². The van der Waals surface area contributed by atoms with Crippen LogP contribution in [0.2, 0.25) is 4.34 Å². The van der Waals surface area contributed by atoms with Gasteiger partial charge in [0, 0.05) is 26.2 Å². The maximum absolute atomic E-state index is 12.8. The van der Waals surface area contributed by atoms with Crippen LogP contribution in [0, 0.1) is 0 Å². The third-order valence-electron chi connectivity index (χ3n) is 4.96. The van der Waals surface area contributed by atoms with Crippen molar-refractivity contribution in [3.8, 4) is 0 Å². The fraction of sp³-hybridized carbons (Fsp3) is 0.250. The fourth-order valence-corrected chi connectivity index (χ4v) is 6.52. The molecule has 28 heavy (non-hydrogen) atoms. The minimum absolute atomic E-state index is 0.0209. The lowest BCUT2D eigenvalue weighted by Crippen LogP contribution is -2.50. The number of hydrogen-bond donors (Lipinski definition) is 0. The van der Waals surface area contributed by atoms with Crippen LogP contribution in [0.15, 0.2) is 58.8 Å². The monoisotopic (exact) mass is 434 g/mol. The molecule has 0 saturated carbocycles. The zero-order valence-corrected chi connectivity index (χ0v) is 17.4. The van der Waals surface area contributed by atoms with Crippen LogP contribution in [0.4, 0.5) is 0 Å². The highest BCUT2D eigenvalue weighted by Gasteiger charge is 2.31. The van der Waals surface area contributed by atoms with E-state index in [1.807, 2.05) is 42.5 Å². The highest BCUT2D eigenvalue weighted by molar-refractivity contribution is 7.91. The number of carbonyl (C=O) groups excluding carboxylic acids is 1. The first-order valence-corrected chi connectivity index (χ1v) is 11.6. The largest absolute Gasteiger partial charge is 0.340 e. The molecule has 2 aromatic carbocycles. The fourth-order valence-electron chi connectivity index (χ4n) is 3.46. The van der Waals surface area contributed by atoms with Gasteiger partial charge < -0.3 is 4.90 Å². The van der Waals surface area contributed by atoms with Gasteiger partial charge in [0.2, 0.25) is 5.91 Å². The molecule has 0 atom stereocenters. The molecule has 1 amide bonds. The molecule has 146 valence electrons. The molecule has 1 saturated heterocycles. The standard InChI is InChI=1S/C20H19ClN2O3S2/c21-18-8-9-20(27-18)28(25,26)23-12-10-22(11-13-23)19(24)14-16-6-3-5-15-4-1-2-7-17(15)16/h1-9H,10-14H2. The summed E-state index contributed by atoms with van der Waals surface area (Å²) in [4.78, 5) is 14.5. The van der Waals surface area contributed by atoms with Crippen molar-refractivity contribution in [2.24, 2.45) is 0 Å². The predicted molar refractivity (Wildman–Crippen MR) is 112 cm³/mol. The van der Waals surface area contributed by atoms with E-state index in [1.54, 1.807) is 11.0 Å². The molecule has 0 unspecified atom stereocenters. The molecule has 3 aromatic rings. The van der Waals surface area contributed by atoms with Crippen molar-refractivity contribution in [1.82, 2.24) is 9.21 Å². The van der Waals surface area contributed by atoms with Crippen LogP contribution in [0.25, 0.3) is 10.8 Å². The van der Waals surface area contributed by atoms with E-state index >= 15 is 0 Å². The van der Waals surface area contributed by atoms with Crippen molar-refractivity contribution < 1.29 is 13.2 Å². The van der Waals surface area contributed by atoms with Gasteiger partial charge in [0.25, 0.3) is 10.0 Å². The number of piperazine rings is 1. The molecule has 1 aromatic heterocycles. The van der Waals surface area contributed by atoms with Gasteiger partial charge in [-0.15, -0.1) is 11.3 Å². The van der Waals surface area contributed by atoms with Crippen molar-refractivity contribution >= 4 is 49.6 Å². The number of benzene rings is 2. The van der Waals surface area contributed by atoms with Gasteiger partial charge in [-0.05, 0) is 28.5 Å². The molecular weight excluding hydrogens is 416 g/mol. The van der Waals surface area contributed by atoms with Gasteiger partial charge in [-0.2, -0.15) is 4.31 Å². The number of halogens is 1. The molecular formula is C20H19ClN2O3S2. The van der Waals surface area contributed by atoms with Crippen molar-refractivity contribution in [3.05, 3.63) is 64.5 Å². The molecule has 5 nitrogen and oxygen atoms in total. The van der Waals surface area contributed by atoms with Gasteiger partial charge in [0.05, 0.1) is 10.8 Å². The molecule has 0 spiro atoms. The van der Waals surface area contributed by atoms with Crippen molar-refractivity contribution in [3.63, 3.8) is 0 Å². The Balaban J connectivity index is 1.43. The molecule has 1 aliphatic rings. The topological polar surface area (TPSA) is 57.7 Å². The Morgan fingerprint density at radius 3 is 2.39 bits per heavy atom. The molecule has 0 radical (unpaired) electrons. The molecule has 0 N–H and O–H groups in total. The van der Waals surface area contributed by atoms with E-state index in [0.29, 0.717) is 36.9 Å². The third-order valence-corrected chi connectivity index (χ3v) is 8.55. The van der Waals surface area contributed by atoms with E-state index in [0.717, 1.165) is 27.7 Å². The highest BCUT2D eigenvalue weighted by Crippen LogP contribution is 2.28. The van der Waals surface area contributed by atoms with Crippen LogP contribution in [0.1, 0.15) is 5.56 Å².